The van der Waals surface area contributed by atoms with Gasteiger partial charge in [0.1, 0.15) is 5.82 Å². The van der Waals surface area contributed by atoms with Gasteiger partial charge < -0.3 is 14.8 Å². The van der Waals surface area contributed by atoms with Crippen molar-refractivity contribution in [2.24, 2.45) is 5.92 Å². The van der Waals surface area contributed by atoms with Gasteiger partial charge in [-0.2, -0.15) is 0 Å². The molecular formula is C23H28N4O3S. The van der Waals surface area contributed by atoms with Crippen LogP contribution in [0.1, 0.15) is 77.7 Å². The molecule has 1 atom stereocenters. The smallest absolute Gasteiger partial charge is 0.264 e. The maximum Gasteiger partial charge on any atom is 0.264 e. The van der Waals surface area contributed by atoms with E-state index >= 15 is 0 Å². The summed E-state index contributed by atoms with van der Waals surface area (Å²) in [5.74, 6) is 0.899. The minimum absolute atomic E-state index is 0.00778. The average molecular weight is 441 g/mol. The van der Waals surface area contributed by atoms with E-state index in [1.165, 1.54) is 11.3 Å². The number of hydrogen-bond donors (Lipinski definition) is 1. The summed E-state index contributed by atoms with van der Waals surface area (Å²) in [6.45, 7) is 1.63. The molecule has 1 saturated heterocycles. The topological polar surface area (TPSA) is 86.4 Å². The van der Waals surface area contributed by atoms with Crippen LogP contribution in [0.15, 0.2) is 22.3 Å². The first-order chi connectivity index (χ1) is 15.1. The van der Waals surface area contributed by atoms with E-state index in [9.17, 15) is 14.4 Å². The highest BCUT2D eigenvalue weighted by molar-refractivity contribution is 7.12. The number of carbonyl (C=O) groups is 2. The molecule has 31 heavy (non-hydrogen) atoms. The molecule has 1 aliphatic carbocycles. The summed E-state index contributed by atoms with van der Waals surface area (Å²) < 4.78 is 0. The van der Waals surface area contributed by atoms with Crippen molar-refractivity contribution in [3.05, 3.63) is 49.8 Å². The second-order valence-electron chi connectivity index (χ2n) is 8.86. The second-order valence-corrected chi connectivity index (χ2v) is 9.80. The van der Waals surface area contributed by atoms with Gasteiger partial charge in [0.15, 0.2) is 0 Å². The number of piperidine rings is 1. The molecule has 0 unspecified atom stereocenters. The van der Waals surface area contributed by atoms with Crippen LogP contribution in [0.25, 0.3) is 0 Å². The van der Waals surface area contributed by atoms with Crippen molar-refractivity contribution < 1.29 is 9.59 Å². The summed E-state index contributed by atoms with van der Waals surface area (Å²) in [4.78, 5) is 51.0. The fourth-order valence-corrected chi connectivity index (χ4v) is 5.90. The molecule has 164 valence electrons. The number of carbonyl (C=O) groups excluding carboxylic acids is 2. The Labute approximate surface area is 185 Å². The number of nitrogens with zero attached hydrogens (tertiary/aromatic N) is 3. The Morgan fingerprint density at radius 3 is 2.68 bits per heavy atom. The number of rotatable bonds is 3. The van der Waals surface area contributed by atoms with Gasteiger partial charge in [0, 0.05) is 25.4 Å². The Balaban J connectivity index is 1.39. The van der Waals surface area contributed by atoms with E-state index in [0.717, 1.165) is 50.6 Å². The van der Waals surface area contributed by atoms with E-state index in [0.29, 0.717) is 42.3 Å². The quantitative estimate of drug-likeness (QED) is 0.794. The third-order valence-corrected chi connectivity index (χ3v) is 7.77. The van der Waals surface area contributed by atoms with Crippen molar-refractivity contribution in [1.29, 1.82) is 0 Å². The molecule has 2 fully saturated rings. The maximum absolute atomic E-state index is 13.0. The molecule has 7 nitrogen and oxygen atoms in total. The largest absolute Gasteiger partial charge is 0.337 e. The van der Waals surface area contributed by atoms with Crippen molar-refractivity contribution in [3.8, 4) is 0 Å². The van der Waals surface area contributed by atoms with Crippen LogP contribution in [0.5, 0.6) is 0 Å². The third kappa shape index (κ3) is 3.93. The molecule has 4 heterocycles. The highest BCUT2D eigenvalue weighted by atomic mass is 32.1. The van der Waals surface area contributed by atoms with E-state index < -0.39 is 0 Å². The van der Waals surface area contributed by atoms with Crippen LogP contribution in [0.2, 0.25) is 0 Å². The second kappa shape index (κ2) is 8.57. The van der Waals surface area contributed by atoms with Crippen LogP contribution >= 0.6 is 11.3 Å². The number of fused-ring (bicyclic) bond motifs is 1. The van der Waals surface area contributed by atoms with Crippen molar-refractivity contribution >= 4 is 23.2 Å². The van der Waals surface area contributed by atoms with Gasteiger partial charge in [-0.1, -0.05) is 18.9 Å². The number of aromatic nitrogens is 2. The molecule has 2 aromatic heterocycles. The highest BCUT2D eigenvalue weighted by Gasteiger charge is 2.34. The highest BCUT2D eigenvalue weighted by Crippen LogP contribution is 2.32. The molecule has 3 aliphatic rings. The van der Waals surface area contributed by atoms with Crippen LogP contribution in [0.3, 0.4) is 0 Å². The normalized spacial score (nSPS) is 21.9. The van der Waals surface area contributed by atoms with Crippen LogP contribution in [0, 0.1) is 5.92 Å². The summed E-state index contributed by atoms with van der Waals surface area (Å²) in [5.41, 5.74) is 1.22. The van der Waals surface area contributed by atoms with Crippen molar-refractivity contribution in [2.45, 2.75) is 64.0 Å². The van der Waals surface area contributed by atoms with Crippen molar-refractivity contribution in [3.63, 3.8) is 0 Å². The lowest BCUT2D eigenvalue weighted by atomic mass is 9.99. The number of nitrogens with one attached hydrogen (secondary N) is 1. The Morgan fingerprint density at radius 1 is 1.10 bits per heavy atom. The van der Waals surface area contributed by atoms with E-state index in [2.05, 4.69) is 4.98 Å². The number of thiophene rings is 1. The third-order valence-electron chi connectivity index (χ3n) is 6.91. The van der Waals surface area contributed by atoms with Crippen LogP contribution < -0.4 is 5.56 Å². The first-order valence-corrected chi connectivity index (χ1v) is 12.2. The van der Waals surface area contributed by atoms with Gasteiger partial charge in [-0.05, 0) is 43.6 Å². The predicted molar refractivity (Wildman–Crippen MR) is 118 cm³/mol. The van der Waals surface area contributed by atoms with Crippen molar-refractivity contribution in [1.82, 2.24) is 19.8 Å². The molecule has 2 aliphatic heterocycles. The van der Waals surface area contributed by atoms with Crippen LogP contribution in [-0.2, 0) is 17.8 Å². The lowest BCUT2D eigenvalue weighted by molar-refractivity contribution is -0.136. The molecule has 1 N–H and O–H groups in total. The van der Waals surface area contributed by atoms with Gasteiger partial charge >= 0.3 is 0 Å². The SMILES string of the molecule is O=C(C1CCCC1)N1CCc2nc([C@H]3CCCCN3C(=O)c3cccs3)[nH]c(=O)c2C1. The fraction of sp³-hybridized carbons (Fsp3) is 0.565. The van der Waals surface area contributed by atoms with Gasteiger partial charge in [-0.15, -0.1) is 11.3 Å². The number of aromatic amines is 1. The number of H-pyrrole nitrogens is 1. The van der Waals surface area contributed by atoms with Gasteiger partial charge in [0.25, 0.3) is 11.5 Å². The molecule has 8 heteroatoms. The maximum atomic E-state index is 13.0. The van der Waals surface area contributed by atoms with Gasteiger partial charge in [-0.25, -0.2) is 4.98 Å². The van der Waals surface area contributed by atoms with Crippen LogP contribution in [-0.4, -0.2) is 44.7 Å². The van der Waals surface area contributed by atoms with E-state index in [4.69, 9.17) is 4.98 Å². The molecular weight excluding hydrogens is 412 g/mol. The number of likely N-dealkylation sites (tertiary alicyclic amines) is 1. The molecule has 1 saturated carbocycles. The monoisotopic (exact) mass is 440 g/mol. The number of amides is 2. The lowest BCUT2D eigenvalue weighted by Gasteiger charge is -2.35. The van der Waals surface area contributed by atoms with Gasteiger partial charge in [0.2, 0.25) is 5.91 Å². The molecule has 2 amide bonds. The standard InChI is InChI=1S/C23H28N4O3S/c28-21-16-14-26(22(29)15-6-1-2-7-15)12-10-17(16)24-20(25-21)18-8-3-4-11-27(18)23(30)19-9-5-13-31-19/h5,9,13,15,18H,1-4,6-8,10-12,14H2,(H,24,25,28)/t18-/m1/s1. The Bertz CT molecular complexity index is 1030. The van der Waals surface area contributed by atoms with Crippen LogP contribution in [0.4, 0.5) is 0 Å². The van der Waals surface area contributed by atoms with Gasteiger partial charge in [0.05, 0.1) is 28.7 Å². The Hall–Kier alpha value is -2.48. The minimum atomic E-state index is -0.209. The van der Waals surface area contributed by atoms with E-state index in [1.54, 1.807) is 0 Å². The Morgan fingerprint density at radius 2 is 1.90 bits per heavy atom. The molecule has 5 rings (SSSR count). The molecule has 0 radical (unpaired) electrons. The average Bonchev–Trinajstić information content (AvgIpc) is 3.52. The van der Waals surface area contributed by atoms with E-state index in [-0.39, 0.29) is 29.3 Å². The van der Waals surface area contributed by atoms with Crippen molar-refractivity contribution in [2.75, 3.05) is 13.1 Å². The minimum Gasteiger partial charge on any atom is -0.337 e. The summed E-state index contributed by atoms with van der Waals surface area (Å²) in [5, 5.41) is 1.91. The lowest BCUT2D eigenvalue weighted by Crippen LogP contribution is -2.43. The zero-order valence-corrected chi connectivity index (χ0v) is 18.5. The predicted octanol–water partition coefficient (Wildman–Crippen LogP) is 3.27. The zero-order valence-electron chi connectivity index (χ0n) is 17.6. The number of hydrogen-bond acceptors (Lipinski definition) is 5. The summed E-state index contributed by atoms with van der Waals surface area (Å²) in [6, 6.07) is 3.52. The first-order valence-electron chi connectivity index (χ1n) is 11.4. The molecule has 0 spiro atoms. The Kier molecular flexibility index (Phi) is 5.65. The summed E-state index contributed by atoms with van der Waals surface area (Å²) in [6.07, 6.45) is 7.52. The fourth-order valence-electron chi connectivity index (χ4n) is 5.22. The van der Waals surface area contributed by atoms with E-state index in [1.807, 2.05) is 27.3 Å². The summed E-state index contributed by atoms with van der Waals surface area (Å²) >= 11 is 1.44. The first kappa shape index (κ1) is 20.4. The van der Waals surface area contributed by atoms with Gasteiger partial charge in [-0.3, -0.25) is 14.4 Å². The molecule has 0 aromatic carbocycles. The zero-order chi connectivity index (χ0) is 21.4. The molecule has 2 aromatic rings. The molecule has 0 bridgehead atoms. The summed E-state index contributed by atoms with van der Waals surface area (Å²) in [7, 11) is 0.